The number of aromatic nitrogens is 4. The van der Waals surface area contributed by atoms with Gasteiger partial charge in [0.25, 0.3) is 5.95 Å². The average Bonchev–Trinajstić information content (AvgIpc) is 3.41. The summed E-state index contributed by atoms with van der Waals surface area (Å²) in [6.07, 6.45) is 4.66. The van der Waals surface area contributed by atoms with Gasteiger partial charge in [-0.1, -0.05) is 24.3 Å². The lowest BCUT2D eigenvalue weighted by Crippen LogP contribution is -2.04. The number of fused-ring (bicyclic) bond motifs is 1. The van der Waals surface area contributed by atoms with Crippen LogP contribution in [0.15, 0.2) is 78.0 Å². The molecule has 5 rings (SSSR count). The fourth-order valence-corrected chi connectivity index (χ4v) is 4.64. The van der Waals surface area contributed by atoms with Gasteiger partial charge in [-0.2, -0.15) is 5.10 Å². The Hall–Kier alpha value is -4.44. The summed E-state index contributed by atoms with van der Waals surface area (Å²) < 4.78 is 41.6. The average molecular weight is 517 g/mol. The van der Waals surface area contributed by atoms with Crippen molar-refractivity contribution in [2.75, 3.05) is 27.6 Å². The molecule has 10 heteroatoms. The van der Waals surface area contributed by atoms with Crippen LogP contribution in [0.4, 0.5) is 0 Å². The third kappa shape index (κ3) is 4.70. The topological polar surface area (TPSA) is 105 Å². The molecule has 0 unspecified atom stereocenters. The Kier molecular flexibility index (Phi) is 6.26. The van der Waals surface area contributed by atoms with Crippen molar-refractivity contribution in [3.8, 4) is 45.6 Å². The fraction of sp³-hybridized carbons (Fsp3) is 0.148. The van der Waals surface area contributed by atoms with Crippen LogP contribution in [0.2, 0.25) is 0 Å². The van der Waals surface area contributed by atoms with Gasteiger partial charge in [-0.05, 0) is 35.9 Å². The molecule has 9 nitrogen and oxygen atoms in total. The van der Waals surface area contributed by atoms with Gasteiger partial charge in [0.2, 0.25) is 0 Å². The van der Waals surface area contributed by atoms with Crippen molar-refractivity contribution in [2.45, 2.75) is 4.90 Å². The molecule has 0 radical (unpaired) electrons. The fourth-order valence-electron chi connectivity index (χ4n) is 4.01. The zero-order chi connectivity index (χ0) is 26.2. The second-order valence-electron chi connectivity index (χ2n) is 8.30. The van der Waals surface area contributed by atoms with Crippen molar-refractivity contribution in [3.05, 3.63) is 73.1 Å². The molecule has 0 aliphatic rings. The minimum atomic E-state index is -3.28. The molecule has 0 bridgehead atoms. The predicted molar refractivity (Wildman–Crippen MR) is 140 cm³/mol. The van der Waals surface area contributed by atoms with Gasteiger partial charge in [-0.25, -0.2) is 23.1 Å². The third-order valence-corrected chi connectivity index (χ3v) is 7.06. The normalized spacial score (nSPS) is 11.5. The van der Waals surface area contributed by atoms with Crippen LogP contribution in [0.1, 0.15) is 0 Å². The number of hydrogen-bond donors (Lipinski definition) is 0. The Balaban J connectivity index is 1.66. The zero-order valence-electron chi connectivity index (χ0n) is 20.7. The number of nitrogens with zero attached hydrogens (tertiary/aromatic N) is 4. The highest BCUT2D eigenvalue weighted by Gasteiger charge is 2.17. The molecule has 3 aromatic carbocycles. The maximum atomic E-state index is 11.8. The molecule has 0 aliphatic carbocycles. The minimum Gasteiger partial charge on any atom is -0.497 e. The Morgan fingerprint density at radius 2 is 1.51 bits per heavy atom. The van der Waals surface area contributed by atoms with E-state index >= 15 is 0 Å². The Bertz CT molecular complexity index is 1710. The third-order valence-electron chi connectivity index (χ3n) is 5.94. The Labute approximate surface area is 214 Å². The zero-order valence-corrected chi connectivity index (χ0v) is 21.5. The molecule has 0 fully saturated rings. The van der Waals surface area contributed by atoms with E-state index in [-0.39, 0.29) is 4.90 Å². The van der Waals surface area contributed by atoms with E-state index < -0.39 is 9.84 Å². The minimum absolute atomic E-state index is 0.258. The van der Waals surface area contributed by atoms with E-state index in [0.717, 1.165) is 22.1 Å². The first-order valence-electron chi connectivity index (χ1n) is 11.2. The molecule has 37 heavy (non-hydrogen) atoms. The standard InChI is InChI=1S/C27H24N4O5S/c1-34-20-7-5-6-18(12-20)26-22-13-24(35-2)25(36-3)14-23(22)29-27(30-26)31-16-19(15-28-31)17-8-10-21(11-9-17)37(4,32)33/h5-16H,1-4H3. The van der Waals surface area contributed by atoms with Gasteiger partial charge in [0.1, 0.15) is 5.75 Å². The van der Waals surface area contributed by atoms with Crippen molar-refractivity contribution in [1.82, 2.24) is 19.7 Å². The Morgan fingerprint density at radius 1 is 0.784 bits per heavy atom. The number of rotatable bonds is 7. The summed E-state index contributed by atoms with van der Waals surface area (Å²) in [5.41, 5.74) is 3.77. The lowest BCUT2D eigenvalue weighted by atomic mass is 10.1. The monoisotopic (exact) mass is 516 g/mol. The van der Waals surface area contributed by atoms with Crippen LogP contribution in [0.3, 0.4) is 0 Å². The number of ether oxygens (including phenoxy) is 3. The number of sulfone groups is 1. The highest BCUT2D eigenvalue weighted by atomic mass is 32.2. The lowest BCUT2D eigenvalue weighted by Gasteiger charge is -2.13. The van der Waals surface area contributed by atoms with Gasteiger partial charge < -0.3 is 14.2 Å². The van der Waals surface area contributed by atoms with Crippen LogP contribution in [0, 0.1) is 0 Å². The lowest BCUT2D eigenvalue weighted by molar-refractivity contribution is 0.356. The van der Waals surface area contributed by atoms with Crippen molar-refractivity contribution < 1.29 is 22.6 Å². The summed E-state index contributed by atoms with van der Waals surface area (Å²) >= 11 is 0. The maximum Gasteiger partial charge on any atom is 0.251 e. The van der Waals surface area contributed by atoms with Crippen LogP contribution in [0.5, 0.6) is 17.2 Å². The van der Waals surface area contributed by atoms with Crippen LogP contribution in [0.25, 0.3) is 39.2 Å². The molecule has 0 atom stereocenters. The molecule has 2 aromatic heterocycles. The SMILES string of the molecule is COc1cccc(-c2nc(-n3cc(-c4ccc(S(C)(=O)=O)cc4)cn3)nc3cc(OC)c(OC)cc23)c1. The highest BCUT2D eigenvalue weighted by Crippen LogP contribution is 2.36. The predicted octanol–water partition coefficient (Wildman–Crippen LogP) is 4.58. The summed E-state index contributed by atoms with van der Waals surface area (Å²) in [6, 6.07) is 17.9. The van der Waals surface area contributed by atoms with Gasteiger partial charge in [-0.3, -0.25) is 0 Å². The van der Waals surface area contributed by atoms with Crippen LogP contribution >= 0.6 is 0 Å². The van der Waals surface area contributed by atoms with Gasteiger partial charge >= 0.3 is 0 Å². The molecule has 188 valence electrons. The molecule has 0 aliphatic heterocycles. The summed E-state index contributed by atoms with van der Waals surface area (Å²) in [5, 5.41) is 5.25. The van der Waals surface area contributed by atoms with Gasteiger partial charge in [0.05, 0.1) is 43.6 Å². The van der Waals surface area contributed by atoms with Gasteiger partial charge in [0.15, 0.2) is 21.3 Å². The molecular weight excluding hydrogens is 492 g/mol. The molecule has 2 heterocycles. The maximum absolute atomic E-state index is 11.8. The van der Waals surface area contributed by atoms with Crippen LogP contribution in [-0.2, 0) is 9.84 Å². The highest BCUT2D eigenvalue weighted by molar-refractivity contribution is 7.90. The van der Waals surface area contributed by atoms with E-state index in [2.05, 4.69) is 5.10 Å². The molecular formula is C27H24N4O5S. The van der Waals surface area contributed by atoms with Gasteiger partial charge in [-0.15, -0.1) is 0 Å². The van der Waals surface area contributed by atoms with E-state index in [1.54, 1.807) is 68.7 Å². The largest absolute Gasteiger partial charge is 0.497 e. The van der Waals surface area contributed by atoms with Crippen molar-refractivity contribution >= 4 is 20.7 Å². The smallest absolute Gasteiger partial charge is 0.251 e. The van der Waals surface area contributed by atoms with E-state index in [1.165, 1.54) is 6.26 Å². The first-order chi connectivity index (χ1) is 17.8. The van der Waals surface area contributed by atoms with E-state index in [9.17, 15) is 8.42 Å². The summed E-state index contributed by atoms with van der Waals surface area (Å²) in [7, 11) is 1.49. The molecule has 0 N–H and O–H groups in total. The molecule has 0 spiro atoms. The van der Waals surface area contributed by atoms with Crippen molar-refractivity contribution in [1.29, 1.82) is 0 Å². The van der Waals surface area contributed by atoms with Crippen molar-refractivity contribution in [3.63, 3.8) is 0 Å². The van der Waals surface area contributed by atoms with E-state index in [1.807, 2.05) is 30.3 Å². The van der Waals surface area contributed by atoms with Crippen LogP contribution < -0.4 is 14.2 Å². The van der Waals surface area contributed by atoms with Crippen LogP contribution in [-0.4, -0.2) is 55.8 Å². The first-order valence-corrected chi connectivity index (χ1v) is 13.1. The van der Waals surface area contributed by atoms with E-state index in [4.69, 9.17) is 24.2 Å². The summed E-state index contributed by atoms with van der Waals surface area (Å²) in [6.45, 7) is 0. The number of hydrogen-bond acceptors (Lipinski definition) is 8. The number of methoxy groups -OCH3 is 3. The second-order valence-corrected chi connectivity index (χ2v) is 10.3. The molecule has 0 amide bonds. The number of benzene rings is 3. The quantitative estimate of drug-likeness (QED) is 0.310. The second kappa shape index (κ2) is 9.55. The molecule has 5 aromatic rings. The Morgan fingerprint density at radius 3 is 2.19 bits per heavy atom. The first kappa shape index (κ1) is 24.3. The van der Waals surface area contributed by atoms with Crippen molar-refractivity contribution in [2.24, 2.45) is 0 Å². The van der Waals surface area contributed by atoms with Gasteiger partial charge in [0, 0.05) is 35.0 Å². The molecule has 0 saturated heterocycles. The summed E-state index contributed by atoms with van der Waals surface area (Å²) in [5.74, 6) is 2.17. The molecule has 0 saturated carbocycles. The van der Waals surface area contributed by atoms with E-state index in [0.29, 0.717) is 34.4 Å². The summed E-state index contributed by atoms with van der Waals surface area (Å²) in [4.78, 5) is 9.87.